The maximum atomic E-state index is 11.4. The summed E-state index contributed by atoms with van der Waals surface area (Å²) in [7, 11) is 0. The molecule has 3 amide bonds. The van der Waals surface area contributed by atoms with Gasteiger partial charge in [0.05, 0.1) is 12.2 Å². The zero-order valence-electron chi connectivity index (χ0n) is 9.55. The number of nitrogen functional groups attached to an aromatic ring is 1. The first kappa shape index (κ1) is 12.2. The van der Waals surface area contributed by atoms with Crippen LogP contribution in [0, 0.1) is 0 Å². The Labute approximate surface area is 103 Å². The van der Waals surface area contributed by atoms with E-state index < -0.39 is 5.91 Å². The summed E-state index contributed by atoms with van der Waals surface area (Å²) in [6.07, 6.45) is 0.476. The Bertz CT molecular complexity index is 499. The molecule has 1 aromatic heterocycles. The second-order valence-electron chi connectivity index (χ2n) is 3.86. The van der Waals surface area contributed by atoms with Gasteiger partial charge in [0.2, 0.25) is 11.8 Å². The number of hydrogen-bond acceptors (Lipinski definition) is 5. The van der Waals surface area contributed by atoms with Gasteiger partial charge in [0.1, 0.15) is 5.69 Å². The summed E-state index contributed by atoms with van der Waals surface area (Å²) in [4.78, 5) is 39.4. The Hall–Kier alpha value is -2.28. The number of carbonyl (C=O) groups is 3. The third kappa shape index (κ3) is 2.35. The third-order valence-electron chi connectivity index (χ3n) is 2.65. The van der Waals surface area contributed by atoms with Gasteiger partial charge >= 0.3 is 0 Å². The summed E-state index contributed by atoms with van der Waals surface area (Å²) in [6.45, 7) is 0.0867. The van der Waals surface area contributed by atoms with E-state index in [0.717, 1.165) is 4.90 Å². The monoisotopic (exact) mass is 248 g/mol. The van der Waals surface area contributed by atoms with Crippen molar-refractivity contribution in [2.45, 2.75) is 19.4 Å². The number of aromatic nitrogens is 1. The minimum absolute atomic E-state index is 0.0867. The molecule has 0 aromatic carbocycles. The number of imide groups is 1. The molecule has 0 unspecified atom stereocenters. The van der Waals surface area contributed by atoms with Crippen LogP contribution >= 0.6 is 0 Å². The number of pyridine rings is 1. The maximum absolute atomic E-state index is 11.4. The van der Waals surface area contributed by atoms with Crippen molar-refractivity contribution in [3.05, 3.63) is 29.6 Å². The molecule has 7 heteroatoms. The Kier molecular flexibility index (Phi) is 3.33. The van der Waals surface area contributed by atoms with Gasteiger partial charge in [-0.05, 0) is 12.1 Å². The number of carbonyl (C=O) groups excluding carboxylic acids is 3. The van der Waals surface area contributed by atoms with Crippen molar-refractivity contribution in [3.63, 3.8) is 0 Å². The van der Waals surface area contributed by atoms with E-state index in [9.17, 15) is 14.4 Å². The molecule has 0 radical (unpaired) electrons. The van der Waals surface area contributed by atoms with Gasteiger partial charge in [-0.15, -0.1) is 0 Å². The van der Waals surface area contributed by atoms with Crippen molar-refractivity contribution in [2.24, 2.45) is 5.84 Å². The topological polar surface area (TPSA) is 105 Å². The van der Waals surface area contributed by atoms with Gasteiger partial charge in [-0.25, -0.2) is 10.8 Å². The second-order valence-corrected chi connectivity index (χ2v) is 3.86. The molecule has 2 rings (SSSR count). The number of rotatable bonds is 3. The fourth-order valence-corrected chi connectivity index (χ4v) is 1.73. The summed E-state index contributed by atoms with van der Waals surface area (Å²) in [5.41, 5.74) is 2.59. The highest BCUT2D eigenvalue weighted by molar-refractivity contribution is 6.01. The molecule has 94 valence electrons. The van der Waals surface area contributed by atoms with Gasteiger partial charge in [-0.3, -0.25) is 24.7 Å². The van der Waals surface area contributed by atoms with Crippen LogP contribution in [0.1, 0.15) is 29.0 Å². The summed E-state index contributed by atoms with van der Waals surface area (Å²) in [6, 6.07) is 4.77. The van der Waals surface area contributed by atoms with E-state index >= 15 is 0 Å². The minimum atomic E-state index is -0.518. The Balaban J connectivity index is 2.17. The highest BCUT2D eigenvalue weighted by Crippen LogP contribution is 2.14. The lowest BCUT2D eigenvalue weighted by atomic mass is 10.3. The standard InChI is InChI=1S/C11H12N4O3/c12-14-11(18)8-3-1-2-7(13-8)6-15-9(16)4-5-10(15)17/h1-3H,4-6,12H2,(H,14,18). The Morgan fingerprint density at radius 2 is 2.00 bits per heavy atom. The molecule has 0 spiro atoms. The minimum Gasteiger partial charge on any atom is -0.289 e. The molecular weight excluding hydrogens is 236 g/mol. The number of nitrogens with two attached hydrogens (primary N) is 1. The number of nitrogens with zero attached hydrogens (tertiary/aromatic N) is 2. The largest absolute Gasteiger partial charge is 0.289 e. The van der Waals surface area contributed by atoms with Gasteiger partial charge in [-0.1, -0.05) is 6.07 Å². The lowest BCUT2D eigenvalue weighted by molar-refractivity contribution is -0.139. The van der Waals surface area contributed by atoms with E-state index in [0.29, 0.717) is 5.69 Å². The van der Waals surface area contributed by atoms with Crippen molar-refractivity contribution in [1.82, 2.24) is 15.3 Å². The van der Waals surface area contributed by atoms with Crippen molar-refractivity contribution in [3.8, 4) is 0 Å². The van der Waals surface area contributed by atoms with E-state index in [1.165, 1.54) is 6.07 Å². The number of hydrazine groups is 1. The van der Waals surface area contributed by atoms with Gasteiger partial charge in [0.15, 0.2) is 0 Å². The molecule has 1 aliphatic rings. The van der Waals surface area contributed by atoms with Crippen LogP contribution in [0.5, 0.6) is 0 Å². The van der Waals surface area contributed by atoms with Gasteiger partial charge < -0.3 is 0 Å². The van der Waals surface area contributed by atoms with Crippen LogP contribution in [-0.2, 0) is 16.1 Å². The van der Waals surface area contributed by atoms with Crippen LogP contribution in [-0.4, -0.2) is 27.6 Å². The summed E-state index contributed by atoms with van der Waals surface area (Å²) >= 11 is 0. The number of likely N-dealkylation sites (tertiary alicyclic amines) is 1. The Morgan fingerprint density at radius 1 is 1.33 bits per heavy atom. The fourth-order valence-electron chi connectivity index (χ4n) is 1.73. The first-order valence-corrected chi connectivity index (χ1v) is 5.42. The molecule has 0 bridgehead atoms. The van der Waals surface area contributed by atoms with Crippen LogP contribution < -0.4 is 11.3 Å². The molecule has 0 aliphatic carbocycles. The average Bonchev–Trinajstić information content (AvgIpc) is 2.70. The van der Waals surface area contributed by atoms with Crippen molar-refractivity contribution in [1.29, 1.82) is 0 Å². The molecule has 3 N–H and O–H groups in total. The van der Waals surface area contributed by atoms with Crippen LogP contribution in [0.4, 0.5) is 0 Å². The molecule has 1 aromatic rings. The zero-order chi connectivity index (χ0) is 13.1. The smallest absolute Gasteiger partial charge is 0.283 e. The first-order valence-electron chi connectivity index (χ1n) is 5.42. The highest BCUT2D eigenvalue weighted by Gasteiger charge is 2.29. The molecule has 1 aliphatic heterocycles. The highest BCUT2D eigenvalue weighted by atomic mass is 16.2. The van der Waals surface area contributed by atoms with Gasteiger partial charge in [0, 0.05) is 12.8 Å². The predicted molar refractivity (Wildman–Crippen MR) is 60.7 cm³/mol. The SMILES string of the molecule is NNC(=O)c1cccc(CN2C(=O)CCC2=O)n1. The van der Waals surface area contributed by atoms with Crippen LogP contribution in [0.15, 0.2) is 18.2 Å². The lowest BCUT2D eigenvalue weighted by Crippen LogP contribution is -2.32. The number of nitrogens with one attached hydrogen (secondary N) is 1. The predicted octanol–water partition coefficient (Wildman–Crippen LogP) is -0.666. The molecule has 18 heavy (non-hydrogen) atoms. The van der Waals surface area contributed by atoms with E-state index in [4.69, 9.17) is 5.84 Å². The second kappa shape index (κ2) is 4.92. The quantitative estimate of drug-likeness (QED) is 0.319. The summed E-state index contributed by atoms with van der Waals surface area (Å²) in [5.74, 6) is 4.06. The van der Waals surface area contributed by atoms with E-state index in [2.05, 4.69) is 4.98 Å². The molecule has 2 heterocycles. The third-order valence-corrected chi connectivity index (χ3v) is 2.65. The zero-order valence-corrected chi connectivity index (χ0v) is 9.55. The molecular formula is C11H12N4O3. The average molecular weight is 248 g/mol. The van der Waals surface area contributed by atoms with Crippen molar-refractivity contribution in [2.75, 3.05) is 0 Å². The van der Waals surface area contributed by atoms with Crippen LogP contribution in [0.25, 0.3) is 0 Å². The summed E-state index contributed by atoms with van der Waals surface area (Å²) < 4.78 is 0. The fraction of sp³-hybridized carbons (Fsp3) is 0.273. The first-order chi connectivity index (χ1) is 8.61. The molecule has 0 atom stereocenters. The summed E-state index contributed by atoms with van der Waals surface area (Å²) in [5, 5.41) is 0. The van der Waals surface area contributed by atoms with Crippen molar-refractivity contribution < 1.29 is 14.4 Å². The lowest BCUT2D eigenvalue weighted by Gasteiger charge is -2.13. The van der Waals surface area contributed by atoms with E-state index in [1.807, 2.05) is 5.43 Å². The molecule has 0 saturated carbocycles. The van der Waals surface area contributed by atoms with Crippen molar-refractivity contribution >= 4 is 17.7 Å². The molecule has 1 saturated heterocycles. The van der Waals surface area contributed by atoms with Crippen LogP contribution in [0.3, 0.4) is 0 Å². The number of amides is 3. The number of hydrogen-bond donors (Lipinski definition) is 2. The van der Waals surface area contributed by atoms with Gasteiger partial charge in [-0.2, -0.15) is 0 Å². The Morgan fingerprint density at radius 3 is 2.61 bits per heavy atom. The molecule has 7 nitrogen and oxygen atoms in total. The van der Waals surface area contributed by atoms with Crippen LogP contribution in [0.2, 0.25) is 0 Å². The van der Waals surface area contributed by atoms with Gasteiger partial charge in [0.25, 0.3) is 5.91 Å². The normalized spacial score (nSPS) is 15.1. The molecule has 1 fully saturated rings. The van der Waals surface area contributed by atoms with E-state index in [1.54, 1.807) is 12.1 Å². The van der Waals surface area contributed by atoms with E-state index in [-0.39, 0.29) is 36.9 Å². The maximum Gasteiger partial charge on any atom is 0.283 e.